The largest absolute Gasteiger partial charge is 0.388 e. The van der Waals surface area contributed by atoms with Crippen LogP contribution >= 0.6 is 11.6 Å². The van der Waals surface area contributed by atoms with E-state index in [0.29, 0.717) is 24.0 Å². The number of halogens is 1. The van der Waals surface area contributed by atoms with Crippen molar-refractivity contribution in [1.29, 1.82) is 0 Å². The number of aromatic nitrogens is 2. The number of ether oxygens (including phenoxy) is 1. The molecule has 1 aromatic heterocycles. The molecule has 2 N–H and O–H groups in total. The molecule has 6 nitrogen and oxygen atoms in total. The molecular formula is C19H26ClN3O3. The molecule has 0 radical (unpaired) electrons. The smallest absolute Gasteiger partial charge is 0.248 e. The number of carbonyl (C=O) groups is 1. The van der Waals surface area contributed by atoms with Gasteiger partial charge in [0, 0.05) is 30.6 Å². The van der Waals surface area contributed by atoms with E-state index in [0.717, 1.165) is 29.3 Å². The summed E-state index contributed by atoms with van der Waals surface area (Å²) in [4.78, 5) is 13.8. The Morgan fingerprint density at radius 1 is 1.46 bits per heavy atom. The lowest BCUT2D eigenvalue weighted by molar-refractivity contribution is -0.137. The third-order valence-electron chi connectivity index (χ3n) is 5.72. The number of nitrogens with one attached hydrogen (secondary N) is 1. The highest BCUT2D eigenvalue weighted by molar-refractivity contribution is 6.31. The van der Waals surface area contributed by atoms with Crippen molar-refractivity contribution in [2.75, 3.05) is 26.8 Å². The first kappa shape index (κ1) is 19.1. The van der Waals surface area contributed by atoms with E-state index in [-0.39, 0.29) is 17.9 Å². The van der Waals surface area contributed by atoms with Crippen LogP contribution in [0.15, 0.2) is 18.3 Å². The van der Waals surface area contributed by atoms with Gasteiger partial charge in [0.05, 0.1) is 17.8 Å². The normalized spacial score (nSPS) is 17.7. The topological polar surface area (TPSA) is 78.5 Å². The van der Waals surface area contributed by atoms with Crippen LogP contribution in [0.3, 0.4) is 0 Å². The summed E-state index contributed by atoms with van der Waals surface area (Å²) in [6.45, 7) is 5.68. The number of aliphatic hydroxyl groups excluding tert-OH is 1. The number of benzene rings is 1. The molecule has 7 heteroatoms. The standard InChI is InChI=1S/C19H26ClN3O3/c1-19(2,12-4-6-23(7-5-12)17(24)11-26-3)18(25)14-8-13(20)9-16-15(14)10-21-22-16/h8-10,12,18,25H,4-7,11H2,1-3H3,(H,21,22). The Balaban J connectivity index is 1.77. The van der Waals surface area contributed by atoms with E-state index < -0.39 is 6.10 Å². The van der Waals surface area contributed by atoms with Crippen LogP contribution in [0.4, 0.5) is 0 Å². The molecule has 1 aliphatic rings. The Bertz CT molecular complexity index is 781. The number of fused-ring (bicyclic) bond motifs is 1. The van der Waals surface area contributed by atoms with E-state index in [9.17, 15) is 9.90 Å². The van der Waals surface area contributed by atoms with Crippen molar-refractivity contribution in [2.45, 2.75) is 32.8 Å². The van der Waals surface area contributed by atoms with E-state index in [1.165, 1.54) is 7.11 Å². The zero-order valence-corrected chi connectivity index (χ0v) is 16.2. The number of hydrogen-bond donors (Lipinski definition) is 2. The van der Waals surface area contributed by atoms with Gasteiger partial charge in [-0.2, -0.15) is 5.10 Å². The summed E-state index contributed by atoms with van der Waals surface area (Å²) < 4.78 is 4.94. The molecular weight excluding hydrogens is 354 g/mol. The van der Waals surface area contributed by atoms with Gasteiger partial charge < -0.3 is 14.7 Å². The lowest BCUT2D eigenvalue weighted by Crippen LogP contribution is -2.44. The highest BCUT2D eigenvalue weighted by atomic mass is 35.5. The highest BCUT2D eigenvalue weighted by Crippen LogP contribution is 2.46. The van der Waals surface area contributed by atoms with Crippen LogP contribution in [-0.4, -0.2) is 52.9 Å². The van der Waals surface area contributed by atoms with E-state index in [1.807, 2.05) is 17.0 Å². The number of aliphatic hydroxyl groups is 1. The molecule has 0 saturated carbocycles. The van der Waals surface area contributed by atoms with Crippen molar-refractivity contribution in [3.63, 3.8) is 0 Å². The molecule has 1 aliphatic heterocycles. The Morgan fingerprint density at radius 2 is 2.15 bits per heavy atom. The summed E-state index contributed by atoms with van der Waals surface area (Å²) in [6.07, 6.45) is 2.77. The third-order valence-corrected chi connectivity index (χ3v) is 5.94. The first-order valence-corrected chi connectivity index (χ1v) is 9.29. The van der Waals surface area contributed by atoms with E-state index in [4.69, 9.17) is 16.3 Å². The van der Waals surface area contributed by atoms with Gasteiger partial charge in [0.2, 0.25) is 5.91 Å². The number of likely N-dealkylation sites (tertiary alicyclic amines) is 1. The summed E-state index contributed by atoms with van der Waals surface area (Å²) in [5.41, 5.74) is 1.26. The fourth-order valence-electron chi connectivity index (χ4n) is 3.98. The second kappa shape index (κ2) is 7.55. The van der Waals surface area contributed by atoms with Gasteiger partial charge in [-0.3, -0.25) is 9.89 Å². The predicted octanol–water partition coefficient (Wildman–Crippen LogP) is 3.16. The summed E-state index contributed by atoms with van der Waals surface area (Å²) in [6, 6.07) is 3.63. The van der Waals surface area contributed by atoms with Crippen molar-refractivity contribution in [2.24, 2.45) is 11.3 Å². The molecule has 1 fully saturated rings. The summed E-state index contributed by atoms with van der Waals surface area (Å²) >= 11 is 6.23. The average molecular weight is 380 g/mol. The van der Waals surface area contributed by atoms with Gasteiger partial charge in [-0.25, -0.2) is 0 Å². The maximum atomic E-state index is 12.0. The SMILES string of the molecule is COCC(=O)N1CCC(C(C)(C)C(O)c2cc(Cl)cc3[nH]ncc23)CC1. The second-order valence-corrected chi connectivity index (χ2v) is 8.07. The fourth-order valence-corrected chi connectivity index (χ4v) is 4.21. The van der Waals surface area contributed by atoms with Crippen molar-refractivity contribution in [3.05, 3.63) is 28.9 Å². The molecule has 1 aromatic carbocycles. The second-order valence-electron chi connectivity index (χ2n) is 7.64. The zero-order chi connectivity index (χ0) is 18.9. The molecule has 142 valence electrons. The minimum Gasteiger partial charge on any atom is -0.388 e. The number of hydrogen-bond acceptors (Lipinski definition) is 4. The van der Waals surface area contributed by atoms with Crippen LogP contribution in [0.5, 0.6) is 0 Å². The Kier molecular flexibility index (Phi) is 5.55. The van der Waals surface area contributed by atoms with E-state index >= 15 is 0 Å². The Hall–Kier alpha value is -1.63. The van der Waals surface area contributed by atoms with Gasteiger partial charge in [0.25, 0.3) is 0 Å². The van der Waals surface area contributed by atoms with Crippen molar-refractivity contribution in [1.82, 2.24) is 15.1 Å². The molecule has 1 unspecified atom stereocenters. The van der Waals surface area contributed by atoms with Crippen LogP contribution in [0.25, 0.3) is 10.9 Å². The zero-order valence-electron chi connectivity index (χ0n) is 15.5. The average Bonchev–Trinajstić information content (AvgIpc) is 3.09. The fraction of sp³-hybridized carbons (Fsp3) is 0.579. The van der Waals surface area contributed by atoms with Gasteiger partial charge in [0.1, 0.15) is 6.61 Å². The van der Waals surface area contributed by atoms with Gasteiger partial charge in [-0.15, -0.1) is 0 Å². The molecule has 2 heterocycles. The quantitative estimate of drug-likeness (QED) is 0.836. The predicted molar refractivity (Wildman–Crippen MR) is 101 cm³/mol. The summed E-state index contributed by atoms with van der Waals surface area (Å²) in [7, 11) is 1.53. The van der Waals surface area contributed by atoms with Crippen molar-refractivity contribution >= 4 is 28.4 Å². The van der Waals surface area contributed by atoms with E-state index in [2.05, 4.69) is 24.0 Å². The van der Waals surface area contributed by atoms with Crippen LogP contribution in [-0.2, 0) is 9.53 Å². The lowest BCUT2D eigenvalue weighted by atomic mass is 9.68. The molecule has 1 saturated heterocycles. The van der Waals surface area contributed by atoms with Gasteiger partial charge >= 0.3 is 0 Å². The highest BCUT2D eigenvalue weighted by Gasteiger charge is 2.40. The minimum absolute atomic E-state index is 0.0271. The molecule has 0 spiro atoms. The third kappa shape index (κ3) is 3.59. The van der Waals surface area contributed by atoms with Crippen molar-refractivity contribution < 1.29 is 14.6 Å². The number of H-pyrrole nitrogens is 1. The number of amides is 1. The molecule has 1 amide bonds. The van der Waals surface area contributed by atoms with Gasteiger partial charge in [-0.1, -0.05) is 25.4 Å². The molecule has 3 rings (SSSR count). The molecule has 26 heavy (non-hydrogen) atoms. The van der Waals surface area contributed by atoms with Crippen LogP contribution in [0.2, 0.25) is 5.02 Å². The first-order valence-electron chi connectivity index (χ1n) is 8.92. The number of piperidine rings is 1. The first-order chi connectivity index (χ1) is 12.3. The lowest BCUT2D eigenvalue weighted by Gasteiger charge is -2.43. The maximum absolute atomic E-state index is 12.0. The number of nitrogens with zero attached hydrogens (tertiary/aromatic N) is 2. The maximum Gasteiger partial charge on any atom is 0.248 e. The van der Waals surface area contributed by atoms with Crippen LogP contribution in [0.1, 0.15) is 38.4 Å². The van der Waals surface area contributed by atoms with Crippen LogP contribution < -0.4 is 0 Å². The van der Waals surface area contributed by atoms with E-state index in [1.54, 1.807) is 6.20 Å². The Morgan fingerprint density at radius 3 is 2.81 bits per heavy atom. The number of aromatic amines is 1. The molecule has 0 bridgehead atoms. The monoisotopic (exact) mass is 379 g/mol. The summed E-state index contributed by atoms with van der Waals surface area (Å²) in [5, 5.41) is 19.7. The molecule has 1 atom stereocenters. The van der Waals surface area contributed by atoms with Gasteiger partial charge in [0.15, 0.2) is 0 Å². The van der Waals surface area contributed by atoms with Crippen LogP contribution in [0, 0.1) is 11.3 Å². The van der Waals surface area contributed by atoms with Gasteiger partial charge in [-0.05, 0) is 41.9 Å². The number of methoxy groups -OCH3 is 1. The molecule has 0 aliphatic carbocycles. The number of carbonyl (C=O) groups excluding carboxylic acids is 1. The molecule has 2 aromatic rings. The number of rotatable bonds is 5. The minimum atomic E-state index is -0.674. The van der Waals surface area contributed by atoms with Crippen molar-refractivity contribution in [3.8, 4) is 0 Å². The Labute approximate surface area is 158 Å². The summed E-state index contributed by atoms with van der Waals surface area (Å²) in [5.74, 6) is 0.323.